The molecule has 3 fully saturated rings. The first-order valence-corrected chi connectivity index (χ1v) is 46.2. The number of carbonyl (C=O) groups is 19. The van der Waals surface area contributed by atoms with Gasteiger partial charge in [0.15, 0.2) is 0 Å². The molecule has 4 aliphatic heterocycles. The summed E-state index contributed by atoms with van der Waals surface area (Å²) in [5.74, 6) is -19.8. The zero-order valence-electron chi connectivity index (χ0n) is 78.6. The van der Waals surface area contributed by atoms with E-state index >= 15 is 38.4 Å². The number of aromatic amines is 1. The zero-order valence-corrected chi connectivity index (χ0v) is 78.6. The van der Waals surface area contributed by atoms with E-state index in [1.54, 1.807) is 68.6 Å². The zero-order chi connectivity index (χ0) is 101. The largest absolute Gasteiger partial charge is 0.508 e. The molecule has 18 amide bonds. The van der Waals surface area contributed by atoms with Gasteiger partial charge in [-0.2, -0.15) is 0 Å². The number of fused-ring (bicyclic) bond motifs is 4. The quantitative estimate of drug-likeness (QED) is 0.0240. The van der Waals surface area contributed by atoms with Gasteiger partial charge in [0.05, 0.1) is 32.2 Å². The van der Waals surface area contributed by atoms with E-state index in [0.717, 1.165) is 24.5 Å². The van der Waals surface area contributed by atoms with Gasteiger partial charge >= 0.3 is 5.97 Å². The molecular weight excluding hydrogens is 1790 g/mol. The van der Waals surface area contributed by atoms with Crippen molar-refractivity contribution < 1.29 is 112 Å². The van der Waals surface area contributed by atoms with Crippen LogP contribution in [0.3, 0.4) is 0 Å². The number of likely N-dealkylation sites (N-methyl/N-ethyl adjacent to an activating group) is 3. The molecule has 0 radical (unpaired) electrons. The number of aromatic nitrogens is 2. The molecule has 748 valence electrons. The number of nitrogens with two attached hydrogens (primary N) is 3. The monoisotopic (exact) mass is 1920 g/mol. The number of aliphatic hydroxyl groups excluding tert-OH is 2. The van der Waals surface area contributed by atoms with E-state index in [4.69, 9.17) is 17.2 Å². The van der Waals surface area contributed by atoms with Crippen LogP contribution in [-0.4, -0.2) is 324 Å². The van der Waals surface area contributed by atoms with Crippen LogP contribution in [0.15, 0.2) is 102 Å². The van der Waals surface area contributed by atoms with Gasteiger partial charge in [-0.25, -0.2) is 0 Å². The molecule has 0 saturated carbocycles. The van der Waals surface area contributed by atoms with Crippen LogP contribution in [0.2, 0.25) is 0 Å². The van der Waals surface area contributed by atoms with E-state index in [-0.39, 0.29) is 82.4 Å². The van der Waals surface area contributed by atoms with Crippen LogP contribution in [0.1, 0.15) is 148 Å². The number of amides is 18. The molecule has 45 heteroatoms. The highest BCUT2D eigenvalue weighted by Crippen LogP contribution is 2.29. The number of phenolic OH excluding ortho intramolecular Hbond substituents is 1. The van der Waals surface area contributed by atoms with Crippen LogP contribution in [0, 0.1) is 5.92 Å². The molecule has 3 aromatic carbocycles. The number of para-hydroxylation sites is 2. The van der Waals surface area contributed by atoms with Gasteiger partial charge in [-0.05, 0) is 104 Å². The minimum atomic E-state index is -2.00. The summed E-state index contributed by atoms with van der Waals surface area (Å²) in [6.07, 6.45) is 2.16. The van der Waals surface area contributed by atoms with E-state index in [1.807, 2.05) is 13.8 Å². The lowest BCUT2D eigenvalue weighted by Gasteiger charge is -2.36. The van der Waals surface area contributed by atoms with Gasteiger partial charge in [-0.3, -0.25) is 96.1 Å². The number of carbonyl (C=O) groups excluding carboxylic acids is 18. The second kappa shape index (κ2) is 50.5. The van der Waals surface area contributed by atoms with Gasteiger partial charge in [0.1, 0.15) is 96.9 Å². The highest BCUT2D eigenvalue weighted by Gasteiger charge is 2.47. The Bertz CT molecular complexity index is 5370. The molecule has 9 rings (SSSR count). The summed E-state index contributed by atoms with van der Waals surface area (Å²) in [7, 11) is 3.81. The Morgan fingerprint density at radius 1 is 0.565 bits per heavy atom. The molecule has 4 aliphatic rings. The minimum absolute atomic E-state index is 0.0304. The second-order valence-corrected chi connectivity index (χ2v) is 35.7. The number of rotatable bonds is 27. The molecule has 22 N–H and O–H groups in total. The molecule has 0 unspecified atom stereocenters. The lowest BCUT2D eigenvalue weighted by atomic mass is 9.99. The van der Waals surface area contributed by atoms with E-state index in [2.05, 4.69) is 68.5 Å². The fourth-order valence-corrected chi connectivity index (χ4v) is 17.3. The molecule has 45 nitrogen and oxygen atoms in total. The van der Waals surface area contributed by atoms with Crippen molar-refractivity contribution in [3.63, 3.8) is 0 Å². The summed E-state index contributed by atoms with van der Waals surface area (Å²) in [5, 5.41) is 72.8. The summed E-state index contributed by atoms with van der Waals surface area (Å²) >= 11 is 0. The van der Waals surface area contributed by atoms with Crippen LogP contribution >= 0.6 is 0 Å². The van der Waals surface area contributed by atoms with E-state index in [9.17, 15) is 73.2 Å². The first-order valence-electron chi connectivity index (χ1n) is 46.2. The number of aliphatic carboxylic acids is 1. The number of carboxylic acids is 1. The summed E-state index contributed by atoms with van der Waals surface area (Å²) in [6, 6.07) is -4.02. The maximum atomic E-state index is 15.9. The van der Waals surface area contributed by atoms with Crippen molar-refractivity contribution in [2.24, 2.45) is 28.1 Å². The molecule has 5 aromatic rings. The van der Waals surface area contributed by atoms with Gasteiger partial charge in [0.25, 0.3) is 0 Å². The van der Waals surface area contributed by atoms with E-state index in [0.29, 0.717) is 63.3 Å². The average molecular weight is 1920 g/mol. The van der Waals surface area contributed by atoms with Gasteiger partial charge in [0.2, 0.25) is 106 Å². The summed E-state index contributed by atoms with van der Waals surface area (Å²) in [4.78, 5) is 288. The Morgan fingerprint density at radius 2 is 1.14 bits per heavy atom. The number of unbranched alkanes of at least 4 members (excludes halogenated alkanes) is 2. The Balaban J connectivity index is 1.12. The molecule has 0 aliphatic carbocycles. The van der Waals surface area contributed by atoms with Crippen LogP contribution in [-0.2, 0) is 117 Å². The third kappa shape index (κ3) is 29.4. The third-order valence-corrected chi connectivity index (χ3v) is 24.8. The van der Waals surface area contributed by atoms with E-state index in [1.165, 1.54) is 75.5 Å². The number of aliphatic hydroxyl groups is 2. The topological polar surface area (TPSA) is 665 Å². The number of phenols is 1. The number of H-pyrrole nitrogens is 1. The molecule has 6 heterocycles. The maximum absolute atomic E-state index is 15.9. The number of aliphatic imine (C=N–C) groups is 1. The Morgan fingerprint density at radius 3 is 1.78 bits per heavy atom. The third-order valence-electron chi connectivity index (χ3n) is 24.8. The highest BCUT2D eigenvalue weighted by molar-refractivity contribution is 6.03. The number of hydrogen-bond donors (Lipinski definition) is 19. The molecule has 15 atom stereocenters. The number of nitrogens with zero attached hydrogens (tertiary/aromatic N) is 7. The van der Waals surface area contributed by atoms with E-state index < -0.39 is 274 Å². The highest BCUT2D eigenvalue weighted by atomic mass is 16.4. The van der Waals surface area contributed by atoms with Gasteiger partial charge in [-0.1, -0.05) is 102 Å². The minimum Gasteiger partial charge on any atom is -0.508 e. The van der Waals surface area contributed by atoms with Crippen molar-refractivity contribution in [3.05, 3.63) is 114 Å². The van der Waals surface area contributed by atoms with Crippen molar-refractivity contribution >= 4 is 140 Å². The number of nitrogens with one attached hydrogen (secondary N) is 12. The number of aromatic hydroxyl groups is 1. The molecule has 3 saturated heterocycles. The Labute approximate surface area is 796 Å². The Kier molecular flexibility index (Phi) is 39.3. The fourth-order valence-electron chi connectivity index (χ4n) is 17.3. The SMILES string of the molecule is CCCC[C@H]1C(=O)N(C)[C@@H](CCCC)C(=O)N[C@@H](CC(C)C)C(=O)N[C@H](C(=O)NCC(N)=O)CNCC(=O)N[C@@H](Cc2ccc(O)cc2)C(=O)N(C)[C@@H](C)C(=O)N[C@@H](CC(N)=O)C(=O)N2CCC[C@H]2C(=O)N[C@@H](CC2=CN=CC2)C(=O)N[C@@H](CCC(N)=O)C(=O)N2C[C@H](O)C[C@H]2C(=O)N[C@@H](Cc2c[nH]c3ccccc23)C(=O)N[C@@H](CO)C(=O)N[C@@H](Cc2cn(CC(=O)O)c3ccccc23)C(=O)N1C. The maximum Gasteiger partial charge on any atom is 0.323 e. The van der Waals surface area contributed by atoms with Crippen LogP contribution < -0.4 is 75.7 Å². The summed E-state index contributed by atoms with van der Waals surface area (Å²) in [6.45, 7) is 3.81. The van der Waals surface area contributed by atoms with Crippen LogP contribution in [0.25, 0.3) is 21.8 Å². The van der Waals surface area contributed by atoms with Crippen molar-refractivity contribution in [1.29, 1.82) is 0 Å². The molecule has 0 bridgehead atoms. The van der Waals surface area contributed by atoms with Crippen LogP contribution in [0.5, 0.6) is 5.75 Å². The fraction of sp³-hybridized carbons (Fsp3) is 0.527. The van der Waals surface area contributed by atoms with Gasteiger partial charge in [-0.15, -0.1) is 0 Å². The molecule has 0 spiro atoms. The van der Waals surface area contributed by atoms with Gasteiger partial charge in [0, 0.05) is 126 Å². The average Bonchev–Trinajstić information content (AvgIpc) is 1.63. The molecule has 2 aromatic heterocycles. The lowest BCUT2D eigenvalue weighted by Crippen LogP contribution is -2.62. The summed E-state index contributed by atoms with van der Waals surface area (Å²) in [5.41, 5.74) is 19.4. The van der Waals surface area contributed by atoms with Crippen molar-refractivity contribution in [2.45, 2.75) is 247 Å². The smallest absolute Gasteiger partial charge is 0.323 e. The Hall–Kier alpha value is -14.2. The van der Waals surface area contributed by atoms with Gasteiger partial charge < -0.3 is 130 Å². The van der Waals surface area contributed by atoms with Crippen molar-refractivity contribution in [2.75, 3.05) is 60.5 Å². The first-order chi connectivity index (χ1) is 65.6. The normalized spacial score (nSPS) is 24.9. The number of benzene rings is 3. The lowest BCUT2D eigenvalue weighted by molar-refractivity contribution is -0.149. The van der Waals surface area contributed by atoms with Crippen molar-refractivity contribution in [3.8, 4) is 5.75 Å². The number of primary amides is 3. The van der Waals surface area contributed by atoms with Crippen molar-refractivity contribution in [1.82, 2.24) is 92.5 Å². The first kappa shape index (κ1) is 107. The predicted molar refractivity (Wildman–Crippen MR) is 499 cm³/mol. The predicted octanol–water partition coefficient (Wildman–Crippen LogP) is -3.73. The number of hydrogen-bond acceptors (Lipinski definition) is 24. The molecule has 138 heavy (non-hydrogen) atoms. The second-order valence-electron chi connectivity index (χ2n) is 35.7. The number of carboxylic acid groups (broad SMARTS) is 1. The van der Waals surface area contributed by atoms with Crippen LogP contribution in [0.4, 0.5) is 0 Å². The summed E-state index contributed by atoms with van der Waals surface area (Å²) < 4.78 is 1.40. The molecular formula is C93H128N22O23. The standard InChI is InChI=1S/C93H128N22O23/c1-9-11-21-71-86(131)103-62(34-50(3)4)82(127)108-68(81(126)100-44-77(96)121)43-98-45-78(122)101-65(35-52-25-27-56(117)28-26-52)89(134)110(6)51(5)80(125)106-67(40-76(95)120)92(137)114-33-17-24-72(114)87(132)104-63(36-53-31-32-97-41-53)83(128)102-61(29-30-75(94)119)91(136)115-47-57(118)39-74(115)88(133)105-64(37-54-42-99-60-20-15-13-18-58(54)60)84(129)109-69(49-116)85(130)107-66(90(135)112(8)73(22-12-10-2)93(138)111(71)7)38-55-46-113(48-79(123)124)70-23-16-14-19-59(55)70/h13-16,18-20,23,25-28,32,41-42,46,50-51,57,61-69,71-74,98-99,116-118H,9-12,17,21-22,24,29-31,33-40,43-45,47-49H2,1-8H3,(H2,94,119)(H2,95,120)(H2,96,121)(H,100,126)(H,101,122)(H,102,128)(H,103,131)(H,104,132)(H,105,133)(H,106,125)(H,107,130)(H,108,127)(H,109,129)(H,123,124)/t51-,57+,61-,62-,63-,64-,65-,66-,67-,68-,69-,71-,72-,73-,74-/m0/s1.